The van der Waals surface area contributed by atoms with Gasteiger partial charge < -0.3 is 19.3 Å². The maximum atomic E-state index is 12.9. The van der Waals surface area contributed by atoms with Crippen molar-refractivity contribution in [2.75, 3.05) is 20.8 Å². The third-order valence-corrected chi connectivity index (χ3v) is 4.23. The van der Waals surface area contributed by atoms with Gasteiger partial charge in [-0.15, -0.1) is 0 Å². The van der Waals surface area contributed by atoms with Gasteiger partial charge in [0.25, 0.3) is 0 Å². The fourth-order valence-corrected chi connectivity index (χ4v) is 3.08. The molecule has 1 rings (SSSR count). The summed E-state index contributed by atoms with van der Waals surface area (Å²) in [7, 11) is 2.31. The van der Waals surface area contributed by atoms with Gasteiger partial charge >= 0.3 is 18.0 Å². The van der Waals surface area contributed by atoms with E-state index < -0.39 is 53.3 Å². The highest BCUT2D eigenvalue weighted by Gasteiger charge is 2.57. The van der Waals surface area contributed by atoms with E-state index in [1.807, 2.05) is 0 Å². The molecular weight excluding hydrogens is 346 g/mol. The molecule has 0 aromatic carbocycles. The number of amides is 2. The number of aliphatic hydroxyl groups is 1. The predicted molar refractivity (Wildman–Crippen MR) is 88.7 cm³/mol. The molecule has 0 unspecified atom stereocenters. The van der Waals surface area contributed by atoms with E-state index in [1.165, 1.54) is 7.11 Å². The highest BCUT2D eigenvalue weighted by atomic mass is 16.6. The van der Waals surface area contributed by atoms with Crippen molar-refractivity contribution >= 4 is 23.9 Å². The van der Waals surface area contributed by atoms with Crippen LogP contribution >= 0.6 is 0 Å². The molecule has 0 saturated carbocycles. The van der Waals surface area contributed by atoms with Crippen LogP contribution in [0.3, 0.4) is 0 Å². The molecule has 26 heavy (non-hydrogen) atoms. The fourth-order valence-electron chi connectivity index (χ4n) is 3.08. The van der Waals surface area contributed by atoms with Crippen LogP contribution in [0.25, 0.3) is 0 Å². The van der Waals surface area contributed by atoms with E-state index >= 15 is 0 Å². The number of imide groups is 1. The van der Waals surface area contributed by atoms with E-state index in [1.54, 1.807) is 27.7 Å². The van der Waals surface area contributed by atoms with Crippen LogP contribution in [0.15, 0.2) is 0 Å². The van der Waals surface area contributed by atoms with Gasteiger partial charge in [0.05, 0.1) is 20.6 Å². The molecule has 1 heterocycles. The SMILES string of the molecule is COC(=O)C[C@H]1[C@@H]([C@@H](C)CO)C(=O)N(C(=O)OC(C)(C)C)[C@@H]1C(=O)OC. The number of carbonyl (C=O) groups excluding carboxylic acids is 4. The van der Waals surface area contributed by atoms with E-state index in [9.17, 15) is 24.3 Å². The summed E-state index contributed by atoms with van der Waals surface area (Å²) in [5.41, 5.74) is -0.892. The Morgan fingerprint density at radius 3 is 2.19 bits per heavy atom. The van der Waals surface area contributed by atoms with Crippen LogP contribution < -0.4 is 0 Å². The average molecular weight is 373 g/mol. The minimum Gasteiger partial charge on any atom is -0.469 e. The van der Waals surface area contributed by atoms with Gasteiger partial charge in [0.1, 0.15) is 11.6 Å². The van der Waals surface area contributed by atoms with Crippen LogP contribution in [-0.2, 0) is 28.6 Å². The largest absolute Gasteiger partial charge is 0.469 e. The summed E-state index contributed by atoms with van der Waals surface area (Å²) in [6, 6.07) is -1.33. The molecule has 4 atom stereocenters. The normalized spacial score (nSPS) is 24.2. The molecule has 0 spiro atoms. The Labute approximate surface area is 152 Å². The Morgan fingerprint density at radius 1 is 1.19 bits per heavy atom. The molecule has 0 aliphatic carbocycles. The smallest absolute Gasteiger partial charge is 0.417 e. The number of hydrogen-bond acceptors (Lipinski definition) is 8. The zero-order valence-electron chi connectivity index (χ0n) is 16.0. The molecule has 148 valence electrons. The zero-order valence-corrected chi connectivity index (χ0v) is 16.0. The van der Waals surface area contributed by atoms with Crippen molar-refractivity contribution in [1.29, 1.82) is 0 Å². The van der Waals surface area contributed by atoms with E-state index in [2.05, 4.69) is 4.74 Å². The lowest BCUT2D eigenvalue weighted by atomic mass is 9.80. The van der Waals surface area contributed by atoms with Crippen LogP contribution in [0.2, 0.25) is 0 Å². The Kier molecular flexibility index (Phi) is 7.14. The third kappa shape index (κ3) is 4.72. The topological polar surface area (TPSA) is 119 Å². The first kappa shape index (κ1) is 21.9. The van der Waals surface area contributed by atoms with E-state index in [-0.39, 0.29) is 13.0 Å². The van der Waals surface area contributed by atoms with Crippen molar-refractivity contribution in [2.45, 2.75) is 45.8 Å². The molecule has 1 fully saturated rings. The molecule has 9 nitrogen and oxygen atoms in total. The molecule has 1 aliphatic heterocycles. The van der Waals surface area contributed by atoms with Gasteiger partial charge in [-0.3, -0.25) is 9.59 Å². The number of carbonyl (C=O) groups is 4. The summed E-state index contributed by atoms with van der Waals surface area (Å²) in [5.74, 6) is -4.58. The van der Waals surface area contributed by atoms with Crippen molar-refractivity contribution in [3.8, 4) is 0 Å². The average Bonchev–Trinajstić information content (AvgIpc) is 2.83. The second-order valence-electron chi connectivity index (χ2n) is 7.29. The standard InChI is InChI=1S/C17H27NO8/c1-9(8-19)12-10(7-11(20)24-5)13(15(22)25-6)18(14(12)21)16(23)26-17(2,3)4/h9-10,12-13,19H,7-8H2,1-6H3/t9-,10-,12+,13-/m0/s1. The zero-order chi connectivity index (χ0) is 20.2. The van der Waals surface area contributed by atoms with Gasteiger partial charge in [0.15, 0.2) is 0 Å². The van der Waals surface area contributed by atoms with Crippen molar-refractivity contribution < 1.29 is 38.5 Å². The minimum absolute atomic E-state index is 0.281. The van der Waals surface area contributed by atoms with Crippen molar-refractivity contribution in [2.24, 2.45) is 17.8 Å². The van der Waals surface area contributed by atoms with Gasteiger partial charge in [-0.05, 0) is 26.7 Å². The predicted octanol–water partition coefficient (Wildman–Crippen LogP) is 0.729. The lowest BCUT2D eigenvalue weighted by Gasteiger charge is -2.27. The van der Waals surface area contributed by atoms with Gasteiger partial charge in [-0.25, -0.2) is 14.5 Å². The fraction of sp³-hybridized carbons (Fsp3) is 0.765. The van der Waals surface area contributed by atoms with Crippen LogP contribution in [0, 0.1) is 17.8 Å². The first-order valence-corrected chi connectivity index (χ1v) is 8.30. The van der Waals surface area contributed by atoms with Gasteiger partial charge in [-0.2, -0.15) is 0 Å². The third-order valence-electron chi connectivity index (χ3n) is 4.23. The van der Waals surface area contributed by atoms with Gasteiger partial charge in [0, 0.05) is 18.4 Å². The Bertz CT molecular complexity index is 568. The molecular formula is C17H27NO8. The quantitative estimate of drug-likeness (QED) is 0.553. The van der Waals surface area contributed by atoms with Gasteiger partial charge in [0.2, 0.25) is 5.91 Å². The summed E-state index contributed by atoms with van der Waals surface area (Å²) in [4.78, 5) is 50.3. The Hall–Kier alpha value is -2.16. The van der Waals surface area contributed by atoms with E-state index in [4.69, 9.17) is 9.47 Å². The first-order chi connectivity index (χ1) is 12.0. The summed E-state index contributed by atoms with van der Waals surface area (Å²) < 4.78 is 14.6. The number of hydrogen-bond donors (Lipinski definition) is 1. The van der Waals surface area contributed by atoms with Crippen LogP contribution in [0.5, 0.6) is 0 Å². The number of aliphatic hydroxyl groups excluding tert-OH is 1. The maximum absolute atomic E-state index is 12.9. The molecule has 9 heteroatoms. The lowest BCUT2D eigenvalue weighted by Crippen LogP contribution is -2.48. The second kappa shape index (κ2) is 8.48. The summed E-state index contributed by atoms with van der Waals surface area (Å²) in [6.45, 7) is 6.11. The number of ether oxygens (including phenoxy) is 3. The Morgan fingerprint density at radius 2 is 1.77 bits per heavy atom. The number of esters is 2. The number of nitrogens with zero attached hydrogens (tertiary/aromatic N) is 1. The number of methoxy groups -OCH3 is 2. The van der Waals surface area contributed by atoms with Gasteiger partial charge in [-0.1, -0.05) is 6.92 Å². The lowest BCUT2D eigenvalue weighted by molar-refractivity contribution is -0.150. The molecule has 0 bridgehead atoms. The minimum atomic E-state index is -1.33. The first-order valence-electron chi connectivity index (χ1n) is 8.30. The van der Waals surface area contributed by atoms with E-state index in [0.717, 1.165) is 7.11 Å². The molecule has 0 radical (unpaired) electrons. The summed E-state index contributed by atoms with van der Waals surface area (Å²) in [6.07, 6.45) is -1.28. The van der Waals surface area contributed by atoms with Crippen molar-refractivity contribution in [3.63, 3.8) is 0 Å². The molecule has 1 saturated heterocycles. The highest BCUT2D eigenvalue weighted by molar-refractivity contribution is 6.01. The monoisotopic (exact) mass is 373 g/mol. The summed E-state index contributed by atoms with van der Waals surface area (Å²) in [5, 5.41) is 9.50. The number of likely N-dealkylation sites (tertiary alicyclic amines) is 1. The highest BCUT2D eigenvalue weighted by Crippen LogP contribution is 2.39. The molecule has 0 aromatic rings. The van der Waals surface area contributed by atoms with Crippen molar-refractivity contribution in [3.05, 3.63) is 0 Å². The van der Waals surface area contributed by atoms with Crippen LogP contribution in [-0.4, -0.2) is 66.4 Å². The van der Waals surface area contributed by atoms with Crippen molar-refractivity contribution in [1.82, 2.24) is 4.90 Å². The van der Waals surface area contributed by atoms with Crippen LogP contribution in [0.1, 0.15) is 34.1 Å². The molecule has 2 amide bonds. The van der Waals surface area contributed by atoms with E-state index in [0.29, 0.717) is 4.90 Å². The van der Waals surface area contributed by atoms with Crippen LogP contribution in [0.4, 0.5) is 4.79 Å². The molecule has 0 aromatic heterocycles. The Balaban J connectivity index is 3.37. The second-order valence-corrected chi connectivity index (χ2v) is 7.29. The molecule has 1 aliphatic rings. The summed E-state index contributed by atoms with van der Waals surface area (Å²) >= 11 is 0. The molecule has 1 N–H and O–H groups in total. The maximum Gasteiger partial charge on any atom is 0.417 e. The number of rotatable bonds is 5.